The molecule has 0 heterocycles. The van der Waals surface area contributed by atoms with Gasteiger partial charge in [-0.1, -0.05) is 44.1 Å². The monoisotopic (exact) mass is 435 g/mol. The van der Waals surface area contributed by atoms with Crippen LogP contribution in [0.15, 0.2) is 36.4 Å². The topological polar surface area (TPSA) is 150 Å². The third-order valence-corrected chi connectivity index (χ3v) is 4.34. The number of carboxylic acid groups (broad SMARTS) is 3. The first kappa shape index (κ1) is 25.7. The van der Waals surface area contributed by atoms with Crippen molar-refractivity contribution in [3.63, 3.8) is 0 Å². The van der Waals surface area contributed by atoms with Crippen molar-refractivity contribution in [1.29, 1.82) is 0 Å². The maximum absolute atomic E-state index is 12.0. The third kappa shape index (κ3) is 10.8. The van der Waals surface area contributed by atoms with Crippen LogP contribution >= 0.6 is 0 Å². The molecule has 170 valence electrons. The normalized spacial score (nSPS) is 11.9. The van der Waals surface area contributed by atoms with E-state index in [4.69, 9.17) is 20.1 Å². The molecule has 0 aliphatic heterocycles. The Bertz CT molecular complexity index is 758. The fourth-order valence-corrected chi connectivity index (χ4v) is 2.74. The van der Waals surface area contributed by atoms with Gasteiger partial charge in [0.1, 0.15) is 5.75 Å². The van der Waals surface area contributed by atoms with Gasteiger partial charge in [0.05, 0.1) is 12.5 Å². The van der Waals surface area contributed by atoms with Gasteiger partial charge in [-0.25, -0.2) is 9.59 Å². The zero-order valence-electron chi connectivity index (χ0n) is 17.5. The second-order valence-corrected chi connectivity index (χ2v) is 7.01. The number of allylic oxidation sites excluding steroid dienone is 1. The highest BCUT2D eigenvalue weighted by molar-refractivity contribution is 5.96. The highest BCUT2D eigenvalue weighted by Crippen LogP contribution is 2.16. The summed E-state index contributed by atoms with van der Waals surface area (Å²) in [6.45, 7) is 2.11. The second kappa shape index (κ2) is 13.8. The Morgan fingerprint density at radius 2 is 1.65 bits per heavy atom. The summed E-state index contributed by atoms with van der Waals surface area (Å²) in [6.07, 6.45) is 6.03. The molecule has 31 heavy (non-hydrogen) atoms. The van der Waals surface area contributed by atoms with Crippen LogP contribution in [0.1, 0.15) is 51.0 Å². The Morgan fingerprint density at radius 1 is 1.00 bits per heavy atom. The standard InChI is InChI=1S/C22H29NO8/c1-2-3-4-5-6-7-16(23-18(24)12-13-19(25)26)14-15-8-10-17(11-9-15)31-20(21(27)28)22(29)30/h6-11,16,20H,2-5,12-14H2,1H3,(H,23,24)(H,25,26)(H,27,28)(H,29,30)/b7-6+/t16-/m1/s1. The van der Waals surface area contributed by atoms with Gasteiger partial charge in [-0.15, -0.1) is 0 Å². The van der Waals surface area contributed by atoms with Crippen LogP contribution in [0.2, 0.25) is 0 Å². The third-order valence-electron chi connectivity index (χ3n) is 4.34. The Balaban J connectivity index is 2.79. The van der Waals surface area contributed by atoms with E-state index in [1.165, 1.54) is 12.1 Å². The van der Waals surface area contributed by atoms with E-state index in [1.807, 2.05) is 12.2 Å². The molecular weight excluding hydrogens is 406 g/mol. The summed E-state index contributed by atoms with van der Waals surface area (Å²) < 4.78 is 4.98. The van der Waals surface area contributed by atoms with E-state index in [1.54, 1.807) is 12.1 Å². The SMILES string of the molecule is CCCCC/C=C/[C@H](Cc1ccc(OC(C(=O)O)C(=O)O)cc1)NC(=O)CCC(=O)O. The number of hydrogen-bond acceptors (Lipinski definition) is 5. The van der Waals surface area contributed by atoms with E-state index >= 15 is 0 Å². The molecule has 0 radical (unpaired) electrons. The van der Waals surface area contributed by atoms with Crippen LogP contribution in [0, 0.1) is 0 Å². The lowest BCUT2D eigenvalue weighted by atomic mass is 10.0. The van der Waals surface area contributed by atoms with Crippen LogP contribution < -0.4 is 10.1 Å². The summed E-state index contributed by atoms with van der Waals surface area (Å²) in [6, 6.07) is 5.88. The first-order chi connectivity index (χ1) is 14.7. The van der Waals surface area contributed by atoms with Crippen LogP contribution in [-0.4, -0.2) is 51.3 Å². The van der Waals surface area contributed by atoms with Crippen molar-refractivity contribution < 1.29 is 39.2 Å². The molecule has 0 spiro atoms. The average molecular weight is 435 g/mol. The summed E-state index contributed by atoms with van der Waals surface area (Å²) in [7, 11) is 0. The van der Waals surface area contributed by atoms with Gasteiger partial charge in [0.15, 0.2) is 0 Å². The van der Waals surface area contributed by atoms with E-state index < -0.39 is 24.0 Å². The number of aliphatic carboxylic acids is 3. The second-order valence-electron chi connectivity index (χ2n) is 7.01. The van der Waals surface area contributed by atoms with E-state index in [9.17, 15) is 19.2 Å². The Morgan fingerprint density at radius 3 is 2.19 bits per heavy atom. The molecule has 1 atom stereocenters. The number of amides is 1. The molecule has 4 N–H and O–H groups in total. The molecule has 1 rings (SSSR count). The van der Waals surface area contributed by atoms with Crippen molar-refractivity contribution in [3.05, 3.63) is 42.0 Å². The fourth-order valence-electron chi connectivity index (χ4n) is 2.74. The molecular formula is C22H29NO8. The van der Waals surface area contributed by atoms with Crippen LogP contribution in [0.5, 0.6) is 5.75 Å². The van der Waals surface area contributed by atoms with Crippen molar-refractivity contribution in [1.82, 2.24) is 5.32 Å². The number of carbonyl (C=O) groups is 4. The predicted octanol–water partition coefficient (Wildman–Crippen LogP) is 2.63. The number of ether oxygens (including phenoxy) is 1. The van der Waals surface area contributed by atoms with Crippen LogP contribution in [0.4, 0.5) is 0 Å². The van der Waals surface area contributed by atoms with Crippen molar-refractivity contribution in [3.8, 4) is 5.75 Å². The van der Waals surface area contributed by atoms with Gasteiger partial charge in [0.2, 0.25) is 5.91 Å². The summed E-state index contributed by atoms with van der Waals surface area (Å²) >= 11 is 0. The molecule has 0 fully saturated rings. The molecule has 0 aromatic heterocycles. The van der Waals surface area contributed by atoms with E-state index in [0.717, 1.165) is 31.2 Å². The molecule has 0 bridgehead atoms. The Hall–Kier alpha value is -3.36. The van der Waals surface area contributed by atoms with Gasteiger partial charge in [0, 0.05) is 6.42 Å². The summed E-state index contributed by atoms with van der Waals surface area (Å²) in [5.74, 6) is -4.52. The number of nitrogens with one attached hydrogen (secondary N) is 1. The predicted molar refractivity (Wildman–Crippen MR) is 112 cm³/mol. The van der Waals surface area contributed by atoms with Crippen LogP contribution in [-0.2, 0) is 25.6 Å². The van der Waals surface area contributed by atoms with Crippen molar-refractivity contribution in [2.45, 2.75) is 64.0 Å². The van der Waals surface area contributed by atoms with E-state index in [2.05, 4.69) is 12.2 Å². The van der Waals surface area contributed by atoms with Gasteiger partial charge in [0.25, 0.3) is 6.10 Å². The van der Waals surface area contributed by atoms with Crippen LogP contribution in [0.25, 0.3) is 0 Å². The number of rotatable bonds is 15. The number of carboxylic acids is 3. The number of unbranched alkanes of at least 4 members (excludes halogenated alkanes) is 3. The van der Waals surface area contributed by atoms with Crippen molar-refractivity contribution in [2.24, 2.45) is 0 Å². The summed E-state index contributed by atoms with van der Waals surface area (Å²) in [5.41, 5.74) is 0.802. The maximum atomic E-state index is 12.0. The highest BCUT2D eigenvalue weighted by atomic mass is 16.5. The summed E-state index contributed by atoms with van der Waals surface area (Å²) in [5, 5.41) is 29.3. The zero-order chi connectivity index (χ0) is 23.2. The quantitative estimate of drug-likeness (QED) is 0.186. The zero-order valence-corrected chi connectivity index (χ0v) is 17.5. The lowest BCUT2D eigenvalue weighted by molar-refractivity contribution is -0.159. The lowest BCUT2D eigenvalue weighted by Gasteiger charge is -2.16. The lowest BCUT2D eigenvalue weighted by Crippen LogP contribution is -2.35. The molecule has 0 saturated carbocycles. The van der Waals surface area contributed by atoms with Crippen molar-refractivity contribution >= 4 is 23.8 Å². The smallest absolute Gasteiger partial charge is 0.356 e. The molecule has 0 unspecified atom stereocenters. The average Bonchev–Trinajstić information content (AvgIpc) is 2.70. The van der Waals surface area contributed by atoms with Gasteiger partial charge in [-0.2, -0.15) is 0 Å². The number of carbonyl (C=O) groups excluding carboxylic acids is 1. The Kier molecular flexibility index (Phi) is 11.4. The molecule has 0 aliphatic carbocycles. The van der Waals surface area contributed by atoms with Crippen molar-refractivity contribution in [2.75, 3.05) is 0 Å². The summed E-state index contributed by atoms with van der Waals surface area (Å²) in [4.78, 5) is 44.6. The van der Waals surface area contributed by atoms with E-state index in [0.29, 0.717) is 6.42 Å². The molecule has 9 heteroatoms. The molecule has 9 nitrogen and oxygen atoms in total. The Labute approximate surface area is 180 Å². The first-order valence-corrected chi connectivity index (χ1v) is 10.1. The largest absolute Gasteiger partial charge is 0.481 e. The molecule has 0 saturated heterocycles. The van der Waals surface area contributed by atoms with E-state index in [-0.39, 0.29) is 30.5 Å². The fraction of sp³-hybridized carbons (Fsp3) is 0.455. The highest BCUT2D eigenvalue weighted by Gasteiger charge is 2.27. The minimum atomic E-state index is -2.00. The minimum absolute atomic E-state index is 0.0932. The number of benzene rings is 1. The van der Waals surface area contributed by atoms with Gasteiger partial charge in [-0.3, -0.25) is 9.59 Å². The molecule has 1 aromatic carbocycles. The first-order valence-electron chi connectivity index (χ1n) is 10.1. The maximum Gasteiger partial charge on any atom is 0.356 e. The van der Waals surface area contributed by atoms with Gasteiger partial charge < -0.3 is 25.4 Å². The van der Waals surface area contributed by atoms with Crippen LogP contribution in [0.3, 0.4) is 0 Å². The van der Waals surface area contributed by atoms with Gasteiger partial charge >= 0.3 is 17.9 Å². The minimum Gasteiger partial charge on any atom is -0.481 e. The van der Waals surface area contributed by atoms with Gasteiger partial charge in [-0.05, 0) is 37.0 Å². The molecule has 1 aromatic rings. The molecule has 1 amide bonds. The molecule has 0 aliphatic rings. The number of hydrogen-bond donors (Lipinski definition) is 4.